The Hall–Kier alpha value is -2.90. The van der Waals surface area contributed by atoms with Gasteiger partial charge in [0.05, 0.1) is 52.5 Å². The second kappa shape index (κ2) is 4.89. The highest BCUT2D eigenvalue weighted by Gasteiger charge is 2.21. The van der Waals surface area contributed by atoms with E-state index in [-0.39, 0.29) is 28.4 Å². The predicted octanol–water partition coefficient (Wildman–Crippen LogP) is 0.680. The first kappa shape index (κ1) is 14.5. The molecule has 112 valence electrons. The van der Waals surface area contributed by atoms with E-state index in [0.29, 0.717) is 28.5 Å². The van der Waals surface area contributed by atoms with Gasteiger partial charge in [0.1, 0.15) is 0 Å². The smallest absolute Gasteiger partial charge is 0.164 e. The summed E-state index contributed by atoms with van der Waals surface area (Å²) in [4.78, 5) is 8.72. The summed E-state index contributed by atoms with van der Waals surface area (Å²) < 4.78 is 5.24. The average molecular weight is 289 g/mol. The lowest BCUT2D eigenvalue weighted by molar-refractivity contribution is 0.403. The quantitative estimate of drug-likeness (QED) is 0.503. The summed E-state index contributed by atoms with van der Waals surface area (Å²) in [5.74, 6) is 0.937. The van der Waals surface area contributed by atoms with Crippen LogP contribution in [0.2, 0.25) is 0 Å². The van der Waals surface area contributed by atoms with Gasteiger partial charge in [-0.15, -0.1) is 0 Å². The molecule has 8 heteroatoms. The monoisotopic (exact) mass is 289 g/mol. The number of rotatable bonds is 2. The molecule has 0 aliphatic carbocycles. The number of hydrogen-bond donors (Lipinski definition) is 5. The maximum Gasteiger partial charge on any atom is 0.164 e. The largest absolute Gasteiger partial charge is 0.493 e. The van der Waals surface area contributed by atoms with Crippen LogP contribution in [0.15, 0.2) is 0 Å². The summed E-state index contributed by atoms with van der Waals surface area (Å²) in [7, 11) is 1.56. The maximum atomic E-state index is 6.00. The summed E-state index contributed by atoms with van der Waals surface area (Å²) in [6, 6.07) is 0. The second-order valence-electron chi connectivity index (χ2n) is 4.69. The van der Waals surface area contributed by atoms with Gasteiger partial charge in [0.15, 0.2) is 11.6 Å². The maximum absolute atomic E-state index is 6.00. The predicted molar refractivity (Wildman–Crippen MR) is 85.6 cm³/mol. The first-order chi connectivity index (χ1) is 9.79. The second-order valence-corrected chi connectivity index (χ2v) is 4.69. The third-order valence-electron chi connectivity index (χ3n) is 3.33. The standard InChI is InChI=1S/C13H19N7O/c1-4-12(21-3)5(2)20-13(19-4)6-7(14)9(16)11(18)10(17)8(6)15/h14-18H2,1-3H3. The molecule has 0 bridgehead atoms. The molecule has 2 aromatic rings. The van der Waals surface area contributed by atoms with Gasteiger partial charge in [-0.2, -0.15) is 0 Å². The Balaban J connectivity index is 2.80. The van der Waals surface area contributed by atoms with Gasteiger partial charge in [0.25, 0.3) is 0 Å². The number of aryl methyl sites for hydroxylation is 2. The lowest BCUT2D eigenvalue weighted by Crippen LogP contribution is -2.11. The van der Waals surface area contributed by atoms with Gasteiger partial charge in [0.2, 0.25) is 0 Å². The molecule has 0 saturated heterocycles. The molecule has 1 aromatic carbocycles. The van der Waals surface area contributed by atoms with Crippen LogP contribution >= 0.6 is 0 Å². The topological polar surface area (TPSA) is 165 Å². The van der Waals surface area contributed by atoms with E-state index in [9.17, 15) is 0 Å². The van der Waals surface area contributed by atoms with Crippen molar-refractivity contribution in [2.45, 2.75) is 13.8 Å². The zero-order valence-corrected chi connectivity index (χ0v) is 12.2. The zero-order valence-electron chi connectivity index (χ0n) is 12.2. The number of hydrogen-bond acceptors (Lipinski definition) is 8. The number of ether oxygens (including phenoxy) is 1. The minimum atomic E-state index is 0.163. The summed E-state index contributed by atoms with van der Waals surface area (Å²) in [5, 5.41) is 0. The fraction of sp³-hybridized carbons (Fsp3) is 0.231. The molecular formula is C13H19N7O. The third-order valence-corrected chi connectivity index (χ3v) is 3.33. The molecule has 21 heavy (non-hydrogen) atoms. The Bertz CT molecular complexity index is 675. The number of benzene rings is 1. The van der Waals surface area contributed by atoms with E-state index in [2.05, 4.69) is 9.97 Å². The minimum Gasteiger partial charge on any atom is -0.493 e. The van der Waals surface area contributed by atoms with E-state index < -0.39 is 0 Å². The van der Waals surface area contributed by atoms with Gasteiger partial charge in [0, 0.05) is 0 Å². The fourth-order valence-corrected chi connectivity index (χ4v) is 2.20. The molecule has 0 saturated carbocycles. The molecule has 0 aliphatic heterocycles. The van der Waals surface area contributed by atoms with Crippen LogP contribution in [-0.4, -0.2) is 17.1 Å². The molecule has 0 aliphatic rings. The molecule has 10 N–H and O–H groups in total. The van der Waals surface area contributed by atoms with Crippen molar-refractivity contribution < 1.29 is 4.74 Å². The molecule has 0 atom stereocenters. The van der Waals surface area contributed by atoms with Gasteiger partial charge in [-0.25, -0.2) is 9.97 Å². The van der Waals surface area contributed by atoms with Crippen molar-refractivity contribution in [3.63, 3.8) is 0 Å². The molecule has 0 unspecified atom stereocenters. The van der Waals surface area contributed by atoms with Crippen LogP contribution in [0.4, 0.5) is 28.4 Å². The fourth-order valence-electron chi connectivity index (χ4n) is 2.20. The van der Waals surface area contributed by atoms with E-state index in [1.165, 1.54) is 0 Å². The van der Waals surface area contributed by atoms with Gasteiger partial charge in [-0.05, 0) is 13.8 Å². The number of nitrogen functional groups attached to an aromatic ring is 5. The Morgan fingerprint density at radius 2 is 1.10 bits per heavy atom. The van der Waals surface area contributed by atoms with Crippen molar-refractivity contribution in [1.29, 1.82) is 0 Å². The van der Waals surface area contributed by atoms with Crippen LogP contribution in [0.5, 0.6) is 5.75 Å². The van der Waals surface area contributed by atoms with Crippen molar-refractivity contribution in [2.24, 2.45) is 0 Å². The number of nitrogens with two attached hydrogens (primary N) is 5. The first-order valence-electron chi connectivity index (χ1n) is 6.20. The van der Waals surface area contributed by atoms with Gasteiger partial charge in [-0.3, -0.25) is 0 Å². The number of methoxy groups -OCH3 is 1. The van der Waals surface area contributed by atoms with E-state index in [1.54, 1.807) is 21.0 Å². The Labute approximate surface area is 122 Å². The van der Waals surface area contributed by atoms with Crippen LogP contribution in [0.1, 0.15) is 11.4 Å². The highest BCUT2D eigenvalue weighted by atomic mass is 16.5. The van der Waals surface area contributed by atoms with Crippen LogP contribution in [0.3, 0.4) is 0 Å². The number of anilines is 5. The Morgan fingerprint density at radius 3 is 1.48 bits per heavy atom. The minimum absolute atomic E-state index is 0.163. The molecule has 1 aromatic heterocycles. The van der Waals surface area contributed by atoms with E-state index in [0.717, 1.165) is 0 Å². The molecule has 0 spiro atoms. The Morgan fingerprint density at radius 1 is 0.714 bits per heavy atom. The van der Waals surface area contributed by atoms with E-state index in [4.69, 9.17) is 33.4 Å². The average Bonchev–Trinajstić information content (AvgIpc) is 2.43. The van der Waals surface area contributed by atoms with Crippen molar-refractivity contribution in [2.75, 3.05) is 35.8 Å². The molecular weight excluding hydrogens is 270 g/mol. The summed E-state index contributed by atoms with van der Waals surface area (Å²) in [6.07, 6.45) is 0. The molecule has 0 radical (unpaired) electrons. The van der Waals surface area contributed by atoms with Gasteiger partial charge in [-0.1, -0.05) is 0 Å². The highest BCUT2D eigenvalue weighted by Crippen LogP contribution is 2.43. The van der Waals surface area contributed by atoms with E-state index >= 15 is 0 Å². The third kappa shape index (κ3) is 2.10. The Kier molecular flexibility index (Phi) is 3.38. The van der Waals surface area contributed by atoms with Crippen molar-refractivity contribution >= 4 is 28.4 Å². The molecule has 0 amide bonds. The van der Waals surface area contributed by atoms with Crippen molar-refractivity contribution in [3.05, 3.63) is 11.4 Å². The molecule has 8 nitrogen and oxygen atoms in total. The first-order valence-corrected chi connectivity index (χ1v) is 6.20. The van der Waals surface area contributed by atoms with Crippen LogP contribution in [0, 0.1) is 13.8 Å². The van der Waals surface area contributed by atoms with Gasteiger partial charge >= 0.3 is 0 Å². The van der Waals surface area contributed by atoms with Crippen molar-refractivity contribution in [3.8, 4) is 17.1 Å². The van der Waals surface area contributed by atoms with Gasteiger partial charge < -0.3 is 33.4 Å². The van der Waals surface area contributed by atoms with Crippen LogP contribution in [0.25, 0.3) is 11.4 Å². The van der Waals surface area contributed by atoms with E-state index in [1.807, 2.05) is 0 Å². The zero-order chi connectivity index (χ0) is 15.9. The normalized spacial score (nSPS) is 10.6. The summed E-state index contributed by atoms with van der Waals surface area (Å²) >= 11 is 0. The highest BCUT2D eigenvalue weighted by molar-refractivity contribution is 6.04. The summed E-state index contributed by atoms with van der Waals surface area (Å²) in [6.45, 7) is 3.60. The molecule has 0 fully saturated rings. The SMILES string of the molecule is COc1c(C)nc(-c2c(N)c(N)c(N)c(N)c2N)nc1C. The van der Waals surface area contributed by atoms with Crippen molar-refractivity contribution in [1.82, 2.24) is 9.97 Å². The summed E-state index contributed by atoms with van der Waals surface area (Å²) in [5.41, 5.74) is 32.1. The molecule has 1 heterocycles. The van der Waals surface area contributed by atoms with Crippen LogP contribution < -0.4 is 33.4 Å². The lowest BCUT2D eigenvalue weighted by Gasteiger charge is -2.17. The molecule has 2 rings (SSSR count). The number of nitrogens with zero attached hydrogens (tertiary/aromatic N) is 2. The number of aromatic nitrogens is 2. The van der Waals surface area contributed by atoms with Crippen LogP contribution in [-0.2, 0) is 0 Å². The lowest BCUT2D eigenvalue weighted by atomic mass is 10.0.